The lowest BCUT2D eigenvalue weighted by Crippen LogP contribution is -1.97. The van der Waals surface area contributed by atoms with Crippen molar-refractivity contribution in [2.45, 2.75) is 52.4 Å². The summed E-state index contributed by atoms with van der Waals surface area (Å²) in [4.78, 5) is 10.4. The van der Waals surface area contributed by atoms with Crippen LogP contribution in [-0.2, 0) is 9.53 Å². The fourth-order valence-electron chi connectivity index (χ4n) is 1.22. The molecule has 0 aliphatic heterocycles. The van der Waals surface area contributed by atoms with Crippen LogP contribution in [0.5, 0.6) is 0 Å². The summed E-state index contributed by atoms with van der Waals surface area (Å²) in [5.41, 5.74) is 0. The lowest BCUT2D eigenvalue weighted by Gasteiger charge is -1.97. The molecule has 0 saturated heterocycles. The van der Waals surface area contributed by atoms with E-state index in [2.05, 4.69) is 13.0 Å². The molecule has 0 fully saturated rings. The van der Waals surface area contributed by atoms with Gasteiger partial charge >= 0.3 is 5.97 Å². The molecule has 0 aromatic carbocycles. The van der Waals surface area contributed by atoms with E-state index < -0.39 is 0 Å². The number of unbranched alkanes of at least 4 members (excludes halogenated alkanes) is 5. The first-order valence-electron chi connectivity index (χ1n) is 5.55. The van der Waals surface area contributed by atoms with Gasteiger partial charge in [-0.25, -0.2) is 0 Å². The van der Waals surface area contributed by atoms with Gasteiger partial charge in [0.05, 0.1) is 0 Å². The number of hydrogen-bond acceptors (Lipinski definition) is 2. The van der Waals surface area contributed by atoms with Crippen LogP contribution in [0.2, 0.25) is 0 Å². The van der Waals surface area contributed by atoms with Crippen LogP contribution in [0.4, 0.5) is 0 Å². The average Bonchev–Trinajstić information content (AvgIpc) is 2.15. The van der Waals surface area contributed by atoms with E-state index in [1.807, 2.05) is 6.08 Å². The van der Waals surface area contributed by atoms with Gasteiger partial charge in [-0.2, -0.15) is 0 Å². The zero-order chi connectivity index (χ0) is 10.6. The second-order valence-electron chi connectivity index (χ2n) is 3.48. The van der Waals surface area contributed by atoms with Gasteiger partial charge in [0, 0.05) is 6.92 Å². The highest BCUT2D eigenvalue weighted by Gasteiger charge is 1.88. The Bertz CT molecular complexity index is 162. The van der Waals surface area contributed by atoms with Crippen molar-refractivity contribution in [2.75, 3.05) is 6.61 Å². The Morgan fingerprint density at radius 1 is 1.14 bits per heavy atom. The molecule has 0 saturated carbocycles. The van der Waals surface area contributed by atoms with E-state index in [0.717, 1.165) is 6.42 Å². The first-order valence-corrected chi connectivity index (χ1v) is 5.55. The van der Waals surface area contributed by atoms with E-state index in [9.17, 15) is 4.79 Å². The Balaban J connectivity index is 3.07. The summed E-state index contributed by atoms with van der Waals surface area (Å²) in [6, 6.07) is 0. The molecule has 0 unspecified atom stereocenters. The number of esters is 1. The fraction of sp³-hybridized carbons (Fsp3) is 0.750. The summed E-state index contributed by atoms with van der Waals surface area (Å²) in [5, 5.41) is 0. The molecule has 0 rings (SSSR count). The molecule has 0 heterocycles. The SMILES string of the molecule is CCCCCCC/C=C\COC(C)=O. The maximum atomic E-state index is 10.4. The first kappa shape index (κ1) is 13.2. The third-order valence-electron chi connectivity index (χ3n) is 2.02. The van der Waals surface area contributed by atoms with E-state index in [0.29, 0.717) is 6.61 Å². The number of hydrogen-bond donors (Lipinski definition) is 0. The van der Waals surface area contributed by atoms with Crippen molar-refractivity contribution in [3.8, 4) is 0 Å². The molecule has 0 atom stereocenters. The molecular formula is C12H22O2. The van der Waals surface area contributed by atoms with Gasteiger partial charge in [0.1, 0.15) is 6.61 Å². The van der Waals surface area contributed by atoms with E-state index >= 15 is 0 Å². The van der Waals surface area contributed by atoms with Crippen molar-refractivity contribution in [1.29, 1.82) is 0 Å². The lowest BCUT2D eigenvalue weighted by atomic mass is 10.1. The molecule has 0 aliphatic rings. The van der Waals surface area contributed by atoms with E-state index in [4.69, 9.17) is 4.74 Å². The summed E-state index contributed by atoms with van der Waals surface area (Å²) in [6.07, 6.45) is 11.6. The number of carbonyl (C=O) groups excluding carboxylic acids is 1. The van der Waals surface area contributed by atoms with Crippen LogP contribution in [0.1, 0.15) is 52.4 Å². The van der Waals surface area contributed by atoms with Gasteiger partial charge in [-0.3, -0.25) is 4.79 Å². The zero-order valence-electron chi connectivity index (χ0n) is 9.42. The van der Waals surface area contributed by atoms with Gasteiger partial charge in [0.15, 0.2) is 0 Å². The topological polar surface area (TPSA) is 26.3 Å². The van der Waals surface area contributed by atoms with Crippen LogP contribution in [0, 0.1) is 0 Å². The number of ether oxygens (including phenoxy) is 1. The molecule has 0 aromatic heterocycles. The van der Waals surface area contributed by atoms with Crippen LogP contribution >= 0.6 is 0 Å². The van der Waals surface area contributed by atoms with Crippen LogP contribution in [0.25, 0.3) is 0 Å². The normalized spacial score (nSPS) is 10.7. The van der Waals surface area contributed by atoms with Crippen LogP contribution in [0.15, 0.2) is 12.2 Å². The van der Waals surface area contributed by atoms with Crippen molar-refractivity contribution < 1.29 is 9.53 Å². The molecule has 82 valence electrons. The maximum Gasteiger partial charge on any atom is 0.302 e. The Kier molecular flexibility index (Phi) is 9.71. The van der Waals surface area contributed by atoms with Crippen molar-refractivity contribution in [1.82, 2.24) is 0 Å². The van der Waals surface area contributed by atoms with Gasteiger partial charge in [-0.05, 0) is 12.8 Å². The summed E-state index contributed by atoms with van der Waals surface area (Å²) >= 11 is 0. The highest BCUT2D eigenvalue weighted by atomic mass is 16.5. The third-order valence-corrected chi connectivity index (χ3v) is 2.02. The minimum absolute atomic E-state index is 0.211. The molecule has 2 nitrogen and oxygen atoms in total. The molecule has 0 aromatic rings. The van der Waals surface area contributed by atoms with Gasteiger partial charge in [0.2, 0.25) is 0 Å². The number of carbonyl (C=O) groups is 1. The number of allylic oxidation sites excluding steroid dienone is 1. The van der Waals surface area contributed by atoms with Crippen molar-refractivity contribution in [2.24, 2.45) is 0 Å². The molecule has 0 aliphatic carbocycles. The second-order valence-corrected chi connectivity index (χ2v) is 3.48. The largest absolute Gasteiger partial charge is 0.462 e. The minimum Gasteiger partial charge on any atom is -0.462 e. The van der Waals surface area contributed by atoms with Crippen molar-refractivity contribution >= 4 is 5.97 Å². The van der Waals surface area contributed by atoms with Crippen LogP contribution < -0.4 is 0 Å². The highest BCUT2D eigenvalue weighted by molar-refractivity contribution is 5.65. The zero-order valence-corrected chi connectivity index (χ0v) is 9.42. The maximum absolute atomic E-state index is 10.4. The predicted molar refractivity (Wildman–Crippen MR) is 59.1 cm³/mol. The van der Waals surface area contributed by atoms with Gasteiger partial charge in [0.25, 0.3) is 0 Å². The molecule has 0 radical (unpaired) electrons. The minimum atomic E-state index is -0.211. The average molecular weight is 198 g/mol. The Hall–Kier alpha value is -0.790. The number of rotatable bonds is 8. The molecule has 2 heteroatoms. The molecule has 0 spiro atoms. The monoisotopic (exact) mass is 198 g/mol. The Labute approximate surface area is 87.3 Å². The first-order chi connectivity index (χ1) is 6.77. The van der Waals surface area contributed by atoms with Crippen LogP contribution in [-0.4, -0.2) is 12.6 Å². The van der Waals surface area contributed by atoms with Crippen molar-refractivity contribution in [3.63, 3.8) is 0 Å². The molecule has 0 amide bonds. The van der Waals surface area contributed by atoms with Gasteiger partial charge < -0.3 is 4.74 Å². The second kappa shape index (κ2) is 10.3. The molecule has 0 N–H and O–H groups in total. The predicted octanol–water partition coefficient (Wildman–Crippen LogP) is 3.47. The quantitative estimate of drug-likeness (QED) is 0.339. The Morgan fingerprint density at radius 2 is 1.86 bits per heavy atom. The summed E-state index contributed by atoms with van der Waals surface area (Å²) in [7, 11) is 0. The summed E-state index contributed by atoms with van der Waals surface area (Å²) in [6.45, 7) is 4.07. The molecular weight excluding hydrogens is 176 g/mol. The van der Waals surface area contributed by atoms with E-state index in [-0.39, 0.29) is 5.97 Å². The van der Waals surface area contributed by atoms with Gasteiger partial charge in [-0.15, -0.1) is 0 Å². The summed E-state index contributed by atoms with van der Waals surface area (Å²) in [5.74, 6) is -0.211. The summed E-state index contributed by atoms with van der Waals surface area (Å²) < 4.78 is 4.76. The smallest absolute Gasteiger partial charge is 0.302 e. The highest BCUT2D eigenvalue weighted by Crippen LogP contribution is 2.05. The molecule has 14 heavy (non-hydrogen) atoms. The van der Waals surface area contributed by atoms with Crippen molar-refractivity contribution in [3.05, 3.63) is 12.2 Å². The fourth-order valence-corrected chi connectivity index (χ4v) is 1.22. The standard InChI is InChI=1S/C12H22O2/c1-3-4-5-6-7-8-9-10-11-14-12(2)13/h9-10H,3-8,11H2,1-2H3/b10-9-. The lowest BCUT2D eigenvalue weighted by molar-refractivity contribution is -0.139. The Morgan fingerprint density at radius 3 is 2.50 bits per heavy atom. The van der Waals surface area contributed by atoms with Crippen LogP contribution in [0.3, 0.4) is 0 Å². The van der Waals surface area contributed by atoms with E-state index in [1.54, 1.807) is 0 Å². The van der Waals surface area contributed by atoms with E-state index in [1.165, 1.54) is 39.0 Å². The van der Waals surface area contributed by atoms with Gasteiger partial charge in [-0.1, -0.05) is 44.8 Å². The third kappa shape index (κ3) is 11.2. The molecule has 0 bridgehead atoms.